The number of carbonyl (C=O) groups is 1. The van der Waals surface area contributed by atoms with Crippen molar-refractivity contribution in [2.75, 3.05) is 0 Å². The number of hydrogen-bond acceptors (Lipinski definition) is 3. The number of furan rings is 1. The molecule has 6 heteroatoms. The third-order valence-electron chi connectivity index (χ3n) is 2.94. The van der Waals surface area contributed by atoms with E-state index in [9.17, 15) is 4.79 Å². The van der Waals surface area contributed by atoms with E-state index in [0.717, 1.165) is 19.0 Å². The van der Waals surface area contributed by atoms with E-state index in [0.29, 0.717) is 5.58 Å². The van der Waals surface area contributed by atoms with Gasteiger partial charge in [-0.1, -0.05) is 46.3 Å². The molecule has 0 fully saturated rings. The molecule has 0 aliphatic carbocycles. The van der Waals surface area contributed by atoms with Crippen molar-refractivity contribution >= 4 is 61.6 Å². The number of nitrogens with one attached hydrogen (secondary N) is 1. The molecule has 3 rings (SSSR count). The molecule has 3 aromatic rings. The van der Waals surface area contributed by atoms with Crippen molar-refractivity contribution in [3.63, 3.8) is 0 Å². The minimum atomic E-state index is -0.379. The second-order valence-corrected chi connectivity index (χ2v) is 6.60. The van der Waals surface area contributed by atoms with E-state index in [-0.39, 0.29) is 11.7 Å². The lowest BCUT2D eigenvalue weighted by atomic mass is 10.2. The third kappa shape index (κ3) is 3.38. The SMILES string of the molecule is O=C(N/N=C\c1ccccc1)c1cc2cc(Br)cc(I)c2o1. The Labute approximate surface area is 148 Å². The summed E-state index contributed by atoms with van der Waals surface area (Å²) in [5.41, 5.74) is 4.07. The van der Waals surface area contributed by atoms with Gasteiger partial charge in [0.1, 0.15) is 5.58 Å². The Balaban J connectivity index is 1.78. The quantitative estimate of drug-likeness (QED) is 0.348. The summed E-state index contributed by atoms with van der Waals surface area (Å²) in [5, 5.41) is 4.80. The molecule has 0 unspecified atom stereocenters. The Kier molecular flexibility index (Phi) is 4.58. The summed E-state index contributed by atoms with van der Waals surface area (Å²) < 4.78 is 7.49. The van der Waals surface area contributed by atoms with Gasteiger partial charge in [0.2, 0.25) is 0 Å². The van der Waals surface area contributed by atoms with Crippen LogP contribution in [0.15, 0.2) is 62.5 Å². The van der Waals surface area contributed by atoms with Crippen LogP contribution >= 0.6 is 38.5 Å². The average Bonchev–Trinajstić information content (AvgIpc) is 2.92. The van der Waals surface area contributed by atoms with Crippen LogP contribution in [-0.4, -0.2) is 12.1 Å². The first-order valence-corrected chi connectivity index (χ1v) is 8.28. The topological polar surface area (TPSA) is 54.6 Å². The zero-order valence-corrected chi connectivity index (χ0v) is 15.0. The number of amides is 1. The summed E-state index contributed by atoms with van der Waals surface area (Å²) in [7, 11) is 0. The largest absolute Gasteiger partial charge is 0.450 e. The number of hydrazone groups is 1. The number of rotatable bonds is 3. The van der Waals surface area contributed by atoms with Gasteiger partial charge in [0, 0.05) is 9.86 Å². The zero-order valence-electron chi connectivity index (χ0n) is 11.2. The first-order chi connectivity index (χ1) is 10.6. The number of halogens is 2. The Bertz CT molecular complexity index is 859. The maximum atomic E-state index is 12.1. The maximum absolute atomic E-state index is 12.1. The van der Waals surface area contributed by atoms with Crippen LogP contribution < -0.4 is 5.43 Å². The second-order valence-electron chi connectivity index (χ2n) is 4.53. The number of hydrogen-bond donors (Lipinski definition) is 1. The molecule has 1 amide bonds. The van der Waals surface area contributed by atoms with E-state index >= 15 is 0 Å². The molecule has 0 saturated carbocycles. The molecule has 0 radical (unpaired) electrons. The monoisotopic (exact) mass is 468 g/mol. The van der Waals surface area contributed by atoms with Gasteiger partial charge >= 0.3 is 5.91 Å². The van der Waals surface area contributed by atoms with Gasteiger partial charge in [-0.05, 0) is 46.4 Å². The highest BCUT2D eigenvalue weighted by Crippen LogP contribution is 2.28. The lowest BCUT2D eigenvalue weighted by molar-refractivity contribution is 0.0929. The smallest absolute Gasteiger partial charge is 0.307 e. The molecular formula is C16H10BrIN2O2. The molecule has 1 aromatic heterocycles. The van der Waals surface area contributed by atoms with Gasteiger partial charge in [-0.3, -0.25) is 4.79 Å². The molecule has 0 aliphatic heterocycles. The molecule has 1 N–H and O–H groups in total. The van der Waals surface area contributed by atoms with Crippen LogP contribution in [0.25, 0.3) is 11.0 Å². The molecule has 110 valence electrons. The molecule has 1 heterocycles. The van der Waals surface area contributed by atoms with Crippen LogP contribution in [0, 0.1) is 3.57 Å². The van der Waals surface area contributed by atoms with Crippen LogP contribution in [0.2, 0.25) is 0 Å². The van der Waals surface area contributed by atoms with E-state index in [1.807, 2.05) is 42.5 Å². The lowest BCUT2D eigenvalue weighted by Gasteiger charge is -1.96. The Morgan fingerprint density at radius 2 is 2.00 bits per heavy atom. The molecule has 0 atom stereocenters. The summed E-state index contributed by atoms with van der Waals surface area (Å²) >= 11 is 5.60. The average molecular weight is 469 g/mol. The van der Waals surface area contributed by atoms with Crippen molar-refractivity contribution in [2.24, 2.45) is 5.10 Å². The van der Waals surface area contributed by atoms with Crippen LogP contribution in [0.1, 0.15) is 16.1 Å². The van der Waals surface area contributed by atoms with Gasteiger partial charge in [0.15, 0.2) is 5.76 Å². The second kappa shape index (κ2) is 6.62. The van der Waals surface area contributed by atoms with Crippen LogP contribution in [0.5, 0.6) is 0 Å². The fourth-order valence-electron chi connectivity index (χ4n) is 1.95. The Morgan fingerprint density at radius 1 is 1.23 bits per heavy atom. The first-order valence-electron chi connectivity index (χ1n) is 6.40. The fraction of sp³-hybridized carbons (Fsp3) is 0. The van der Waals surface area contributed by atoms with Crippen molar-refractivity contribution in [2.45, 2.75) is 0 Å². The number of benzene rings is 2. The van der Waals surface area contributed by atoms with Crippen LogP contribution in [0.3, 0.4) is 0 Å². The van der Waals surface area contributed by atoms with Gasteiger partial charge in [0.25, 0.3) is 0 Å². The molecule has 0 bridgehead atoms. The highest BCUT2D eigenvalue weighted by molar-refractivity contribution is 14.1. The molecule has 2 aromatic carbocycles. The van der Waals surface area contributed by atoms with E-state index in [1.54, 1.807) is 12.3 Å². The molecule has 22 heavy (non-hydrogen) atoms. The summed E-state index contributed by atoms with van der Waals surface area (Å²) in [6.07, 6.45) is 1.58. The van der Waals surface area contributed by atoms with Crippen molar-refractivity contribution in [3.05, 3.63) is 67.9 Å². The Morgan fingerprint density at radius 3 is 2.77 bits per heavy atom. The van der Waals surface area contributed by atoms with Gasteiger partial charge in [-0.25, -0.2) is 5.43 Å². The highest BCUT2D eigenvalue weighted by atomic mass is 127. The standard InChI is InChI=1S/C16H10BrIN2O2/c17-12-6-11-7-14(22-15(11)13(18)8-12)16(21)20-19-9-10-4-2-1-3-5-10/h1-9H,(H,20,21)/b19-9-. The summed E-state index contributed by atoms with van der Waals surface area (Å²) in [6, 6.07) is 15.1. The van der Waals surface area contributed by atoms with Crippen molar-refractivity contribution in [3.8, 4) is 0 Å². The predicted molar refractivity (Wildman–Crippen MR) is 98.1 cm³/mol. The molecular weight excluding hydrogens is 459 g/mol. The number of nitrogens with zero attached hydrogens (tertiary/aromatic N) is 1. The van der Waals surface area contributed by atoms with Crippen LogP contribution in [0.4, 0.5) is 0 Å². The van der Waals surface area contributed by atoms with Crippen molar-refractivity contribution < 1.29 is 9.21 Å². The number of fused-ring (bicyclic) bond motifs is 1. The van der Waals surface area contributed by atoms with Gasteiger partial charge in [-0.15, -0.1) is 0 Å². The van der Waals surface area contributed by atoms with E-state index in [1.165, 1.54) is 0 Å². The summed E-state index contributed by atoms with van der Waals surface area (Å²) in [6.45, 7) is 0. The Hall–Kier alpha value is -1.67. The van der Waals surface area contributed by atoms with Crippen LogP contribution in [-0.2, 0) is 0 Å². The van der Waals surface area contributed by atoms with Crippen molar-refractivity contribution in [1.29, 1.82) is 0 Å². The minimum absolute atomic E-state index is 0.233. The minimum Gasteiger partial charge on any atom is -0.450 e. The molecule has 0 spiro atoms. The number of carbonyl (C=O) groups excluding carboxylic acids is 1. The summed E-state index contributed by atoms with van der Waals surface area (Å²) in [4.78, 5) is 12.1. The molecule has 0 saturated heterocycles. The predicted octanol–water partition coefficient (Wildman–Crippen LogP) is 4.56. The van der Waals surface area contributed by atoms with Gasteiger partial charge < -0.3 is 4.42 Å². The van der Waals surface area contributed by atoms with E-state index in [4.69, 9.17) is 4.42 Å². The third-order valence-corrected chi connectivity index (χ3v) is 4.20. The molecule has 0 aliphatic rings. The first kappa shape index (κ1) is 15.2. The summed E-state index contributed by atoms with van der Waals surface area (Å²) in [5.74, 6) is -0.147. The normalized spacial score (nSPS) is 11.2. The maximum Gasteiger partial charge on any atom is 0.307 e. The van der Waals surface area contributed by atoms with Crippen molar-refractivity contribution in [1.82, 2.24) is 5.43 Å². The van der Waals surface area contributed by atoms with Gasteiger partial charge in [0.05, 0.1) is 9.78 Å². The van der Waals surface area contributed by atoms with E-state index in [2.05, 4.69) is 49.0 Å². The highest BCUT2D eigenvalue weighted by Gasteiger charge is 2.13. The zero-order chi connectivity index (χ0) is 15.5. The molecule has 4 nitrogen and oxygen atoms in total. The lowest BCUT2D eigenvalue weighted by Crippen LogP contribution is -2.16. The van der Waals surface area contributed by atoms with E-state index < -0.39 is 0 Å². The van der Waals surface area contributed by atoms with Gasteiger partial charge in [-0.2, -0.15) is 5.10 Å². The fourth-order valence-corrected chi connectivity index (χ4v) is 3.61.